The molecule has 2 aromatic rings. The number of thioether (sulfide) groups is 2. The number of amides is 1. The first kappa shape index (κ1) is 23.6. The fourth-order valence-corrected chi connectivity index (χ4v) is 7.47. The van der Waals surface area contributed by atoms with Gasteiger partial charge in [-0.2, -0.15) is 0 Å². The first-order chi connectivity index (χ1) is 16.2. The number of anilines is 2. The highest BCUT2D eigenvalue weighted by Crippen LogP contribution is 2.52. The molecule has 2 heterocycles. The lowest BCUT2D eigenvalue weighted by atomic mass is 9.96. The van der Waals surface area contributed by atoms with Crippen molar-refractivity contribution in [3.8, 4) is 0 Å². The Labute approximate surface area is 215 Å². The minimum absolute atomic E-state index is 0.0119. The van der Waals surface area contributed by atoms with E-state index in [1.54, 1.807) is 0 Å². The molecule has 2 aromatic carbocycles. The standard InChI is InChI=1S/C27H28N2O2S3/c1-27(2,3)34-19-10-8-18(9-11-19)29-22-6-4-5-20(22)21-15-17(7-12-23(21)29)16-24-25(31)28(13-14-30)26(32)33-24/h7-12,14-16,20,22H,4-6,13H2,1-3H3/b24-16-. The van der Waals surface area contributed by atoms with Gasteiger partial charge in [0, 0.05) is 33.0 Å². The number of hydrogen-bond acceptors (Lipinski definition) is 6. The molecule has 2 aliphatic heterocycles. The van der Waals surface area contributed by atoms with E-state index in [-0.39, 0.29) is 17.2 Å². The molecular formula is C27H28N2O2S3. The van der Waals surface area contributed by atoms with Crippen LogP contribution in [0.5, 0.6) is 0 Å². The number of thiocarbonyl (C=S) groups is 1. The number of rotatable bonds is 5. The van der Waals surface area contributed by atoms with Gasteiger partial charge in [0.05, 0.1) is 11.4 Å². The van der Waals surface area contributed by atoms with Crippen LogP contribution in [0.4, 0.5) is 11.4 Å². The first-order valence-electron chi connectivity index (χ1n) is 11.7. The van der Waals surface area contributed by atoms with Crippen LogP contribution in [-0.2, 0) is 9.59 Å². The highest BCUT2D eigenvalue weighted by atomic mass is 32.2. The Bertz CT molecular complexity index is 1180. The van der Waals surface area contributed by atoms with Crippen molar-refractivity contribution in [2.45, 2.75) is 61.6 Å². The number of carbonyl (C=O) groups excluding carboxylic acids is 2. The summed E-state index contributed by atoms with van der Waals surface area (Å²) in [5.74, 6) is 0.327. The van der Waals surface area contributed by atoms with Gasteiger partial charge in [-0.1, -0.05) is 57.2 Å². The lowest BCUT2D eigenvalue weighted by Gasteiger charge is -2.27. The zero-order valence-electron chi connectivity index (χ0n) is 19.6. The molecule has 0 spiro atoms. The van der Waals surface area contributed by atoms with Crippen LogP contribution >= 0.6 is 35.7 Å². The van der Waals surface area contributed by atoms with Crippen molar-refractivity contribution in [2.24, 2.45) is 0 Å². The van der Waals surface area contributed by atoms with Crippen LogP contribution in [0, 0.1) is 0 Å². The van der Waals surface area contributed by atoms with Gasteiger partial charge in [-0.15, -0.1) is 11.8 Å². The lowest BCUT2D eigenvalue weighted by Crippen LogP contribution is -2.29. The molecule has 2 atom stereocenters. The number of nitrogens with zero attached hydrogens (tertiary/aromatic N) is 2. The molecule has 1 aliphatic carbocycles. The van der Waals surface area contributed by atoms with Gasteiger partial charge in [0.2, 0.25) is 0 Å². The molecule has 1 saturated heterocycles. The zero-order chi connectivity index (χ0) is 24.0. The normalized spacial score (nSPS) is 23.1. The van der Waals surface area contributed by atoms with E-state index in [4.69, 9.17) is 12.2 Å². The van der Waals surface area contributed by atoms with Gasteiger partial charge in [-0.05, 0) is 66.4 Å². The number of benzene rings is 2. The number of hydrogen-bond donors (Lipinski definition) is 0. The molecule has 0 bridgehead atoms. The molecule has 7 heteroatoms. The molecule has 3 aliphatic rings. The molecule has 2 unspecified atom stereocenters. The van der Waals surface area contributed by atoms with E-state index < -0.39 is 0 Å². The summed E-state index contributed by atoms with van der Waals surface area (Å²) in [4.78, 5) is 29.3. The van der Waals surface area contributed by atoms with Crippen molar-refractivity contribution in [1.82, 2.24) is 4.90 Å². The van der Waals surface area contributed by atoms with E-state index in [1.165, 1.54) is 57.8 Å². The summed E-state index contributed by atoms with van der Waals surface area (Å²) in [7, 11) is 0. The summed E-state index contributed by atoms with van der Waals surface area (Å²) < 4.78 is 0.635. The Balaban J connectivity index is 1.45. The van der Waals surface area contributed by atoms with Gasteiger partial charge in [0.15, 0.2) is 0 Å². The Morgan fingerprint density at radius 1 is 1.15 bits per heavy atom. The van der Waals surface area contributed by atoms with Crippen LogP contribution in [0.1, 0.15) is 57.1 Å². The zero-order valence-corrected chi connectivity index (χ0v) is 22.1. The van der Waals surface area contributed by atoms with Crippen molar-refractivity contribution in [3.63, 3.8) is 0 Å². The van der Waals surface area contributed by atoms with Crippen molar-refractivity contribution in [1.29, 1.82) is 0 Å². The van der Waals surface area contributed by atoms with Gasteiger partial charge < -0.3 is 9.69 Å². The molecular weight excluding hydrogens is 481 g/mol. The van der Waals surface area contributed by atoms with Crippen molar-refractivity contribution >= 4 is 69.7 Å². The number of carbonyl (C=O) groups is 2. The van der Waals surface area contributed by atoms with Gasteiger partial charge in [0.1, 0.15) is 10.6 Å². The monoisotopic (exact) mass is 508 g/mol. The van der Waals surface area contributed by atoms with Crippen LogP contribution in [0.25, 0.3) is 6.08 Å². The van der Waals surface area contributed by atoms with Gasteiger partial charge >= 0.3 is 0 Å². The maximum Gasteiger partial charge on any atom is 0.266 e. The molecule has 2 fully saturated rings. The molecule has 5 rings (SSSR count). The van der Waals surface area contributed by atoms with E-state index in [0.717, 1.165) is 5.56 Å². The lowest BCUT2D eigenvalue weighted by molar-refractivity contribution is -0.124. The smallest absolute Gasteiger partial charge is 0.266 e. The molecule has 4 nitrogen and oxygen atoms in total. The fourth-order valence-electron chi connectivity index (χ4n) is 5.21. The van der Waals surface area contributed by atoms with E-state index in [0.29, 0.717) is 27.5 Å². The first-order valence-corrected chi connectivity index (χ1v) is 13.7. The molecule has 34 heavy (non-hydrogen) atoms. The van der Waals surface area contributed by atoms with Crippen LogP contribution < -0.4 is 4.90 Å². The predicted octanol–water partition coefficient (Wildman–Crippen LogP) is 6.77. The van der Waals surface area contributed by atoms with Crippen molar-refractivity contribution < 1.29 is 9.59 Å². The Morgan fingerprint density at radius 2 is 1.91 bits per heavy atom. The molecule has 1 amide bonds. The average Bonchev–Trinajstić information content (AvgIpc) is 3.44. The van der Waals surface area contributed by atoms with E-state index >= 15 is 0 Å². The predicted molar refractivity (Wildman–Crippen MR) is 147 cm³/mol. The molecule has 0 radical (unpaired) electrons. The third-order valence-corrected chi connectivity index (χ3v) is 8.99. The van der Waals surface area contributed by atoms with Gasteiger partial charge in [-0.25, -0.2) is 0 Å². The van der Waals surface area contributed by atoms with Gasteiger partial charge in [0.25, 0.3) is 5.91 Å². The fraction of sp³-hybridized carbons (Fsp3) is 0.370. The second-order valence-corrected chi connectivity index (χ2v) is 13.5. The molecule has 0 aromatic heterocycles. The largest absolute Gasteiger partial charge is 0.338 e. The van der Waals surface area contributed by atoms with Crippen LogP contribution in [0.2, 0.25) is 0 Å². The SMILES string of the molecule is CC(C)(C)Sc1ccc(N2c3ccc(/C=C4\SC(=S)N(CC=O)C4=O)cc3C3CCCC32)cc1. The van der Waals surface area contributed by atoms with E-state index in [1.807, 2.05) is 17.8 Å². The summed E-state index contributed by atoms with van der Waals surface area (Å²) in [6.07, 6.45) is 6.24. The summed E-state index contributed by atoms with van der Waals surface area (Å²) in [5.41, 5.74) is 4.90. The van der Waals surface area contributed by atoms with Gasteiger partial charge in [-0.3, -0.25) is 9.69 Å². The second-order valence-electron chi connectivity index (χ2n) is 9.96. The third-order valence-electron chi connectivity index (χ3n) is 6.49. The van der Waals surface area contributed by atoms with E-state index in [2.05, 4.69) is 68.1 Å². The Hall–Kier alpha value is -2.09. The quantitative estimate of drug-likeness (QED) is 0.192. The minimum atomic E-state index is -0.184. The Kier molecular flexibility index (Phi) is 6.38. The van der Waals surface area contributed by atoms with Crippen molar-refractivity contribution in [2.75, 3.05) is 11.4 Å². The molecule has 1 saturated carbocycles. The topological polar surface area (TPSA) is 40.6 Å². The summed E-state index contributed by atoms with van der Waals surface area (Å²) in [6.45, 7) is 6.73. The third kappa shape index (κ3) is 4.45. The Morgan fingerprint density at radius 3 is 2.62 bits per heavy atom. The average molecular weight is 509 g/mol. The molecule has 0 N–H and O–H groups in total. The summed E-state index contributed by atoms with van der Waals surface area (Å²) >= 11 is 8.45. The summed E-state index contributed by atoms with van der Waals surface area (Å²) in [5, 5.41) is 0. The summed E-state index contributed by atoms with van der Waals surface area (Å²) in [6, 6.07) is 16.0. The number of fused-ring (bicyclic) bond motifs is 3. The maximum absolute atomic E-state index is 12.7. The highest BCUT2D eigenvalue weighted by molar-refractivity contribution is 8.26. The highest BCUT2D eigenvalue weighted by Gasteiger charge is 2.42. The van der Waals surface area contributed by atoms with Crippen molar-refractivity contribution in [3.05, 3.63) is 58.5 Å². The minimum Gasteiger partial charge on any atom is -0.338 e. The maximum atomic E-state index is 12.7. The second kappa shape index (κ2) is 9.17. The van der Waals surface area contributed by atoms with Crippen LogP contribution in [0.3, 0.4) is 0 Å². The van der Waals surface area contributed by atoms with E-state index in [9.17, 15) is 9.59 Å². The van der Waals surface area contributed by atoms with Crippen LogP contribution in [0.15, 0.2) is 52.3 Å². The van der Waals surface area contributed by atoms with Crippen LogP contribution in [-0.4, -0.2) is 38.7 Å². The number of aldehydes is 1. The molecule has 176 valence electrons.